The number of nitrogens with one attached hydrogen (secondary N) is 2. The lowest BCUT2D eigenvalue weighted by Gasteiger charge is -2.09. The molecule has 0 unspecified atom stereocenters. The fraction of sp³-hybridized carbons (Fsp3) is 0.136. The summed E-state index contributed by atoms with van der Waals surface area (Å²) in [5.41, 5.74) is 3.60. The molecule has 2 amide bonds. The molecular formula is C22H20ClN3O2. The minimum atomic E-state index is -0.319. The Morgan fingerprint density at radius 3 is 2.25 bits per heavy atom. The van der Waals surface area contributed by atoms with Gasteiger partial charge in [-0.25, -0.2) is 0 Å². The molecule has 142 valence electrons. The molecule has 0 spiro atoms. The van der Waals surface area contributed by atoms with Gasteiger partial charge in [-0.15, -0.1) is 0 Å². The average molecular weight is 394 g/mol. The maximum atomic E-state index is 12.4. The third-order valence-electron chi connectivity index (χ3n) is 4.20. The van der Waals surface area contributed by atoms with Gasteiger partial charge in [0.25, 0.3) is 11.8 Å². The Kier molecular flexibility index (Phi) is 6.40. The molecule has 6 heteroatoms. The quantitative estimate of drug-likeness (QED) is 0.667. The highest BCUT2D eigenvalue weighted by Gasteiger charge is 2.12. The van der Waals surface area contributed by atoms with Crippen LogP contribution in [0.25, 0.3) is 0 Å². The van der Waals surface area contributed by atoms with E-state index in [9.17, 15) is 9.59 Å². The lowest BCUT2D eigenvalue weighted by Crippen LogP contribution is -2.25. The summed E-state index contributed by atoms with van der Waals surface area (Å²) in [6, 6.07) is 16.7. The van der Waals surface area contributed by atoms with Crippen molar-refractivity contribution < 1.29 is 9.59 Å². The van der Waals surface area contributed by atoms with E-state index in [1.165, 1.54) is 18.5 Å². The van der Waals surface area contributed by atoms with Crippen LogP contribution in [0.1, 0.15) is 37.4 Å². The number of aromatic nitrogens is 1. The smallest absolute Gasteiger partial charge is 0.253 e. The lowest BCUT2D eigenvalue weighted by atomic mass is 10.1. The van der Waals surface area contributed by atoms with Gasteiger partial charge in [0.1, 0.15) is 0 Å². The first kappa shape index (κ1) is 19.6. The second-order valence-electron chi connectivity index (χ2n) is 6.41. The zero-order valence-corrected chi connectivity index (χ0v) is 16.2. The van der Waals surface area contributed by atoms with Crippen LogP contribution in [0.15, 0.2) is 67.0 Å². The van der Waals surface area contributed by atoms with Crippen LogP contribution in [0.5, 0.6) is 0 Å². The number of amides is 2. The minimum absolute atomic E-state index is 0.283. The Bertz CT molecular complexity index is 1000. The number of hydrogen-bond donors (Lipinski definition) is 2. The first-order valence-electron chi connectivity index (χ1n) is 8.83. The fourth-order valence-electron chi connectivity index (χ4n) is 2.71. The monoisotopic (exact) mass is 393 g/mol. The van der Waals surface area contributed by atoms with E-state index < -0.39 is 0 Å². The molecule has 0 fully saturated rings. The molecule has 0 bridgehead atoms. The molecule has 3 aromatic rings. The highest BCUT2D eigenvalue weighted by Crippen LogP contribution is 2.14. The molecule has 0 radical (unpaired) electrons. The van der Waals surface area contributed by atoms with Crippen molar-refractivity contribution in [1.82, 2.24) is 15.6 Å². The summed E-state index contributed by atoms with van der Waals surface area (Å²) in [5, 5.41) is 6.23. The van der Waals surface area contributed by atoms with Crippen LogP contribution in [-0.2, 0) is 13.1 Å². The van der Waals surface area contributed by atoms with Gasteiger partial charge in [0.05, 0.1) is 11.1 Å². The number of aryl methyl sites for hydroxylation is 1. The van der Waals surface area contributed by atoms with Gasteiger partial charge in [-0.2, -0.15) is 0 Å². The molecular weight excluding hydrogens is 374 g/mol. The third-order valence-corrected chi connectivity index (χ3v) is 4.56. The molecule has 0 saturated heterocycles. The van der Waals surface area contributed by atoms with Gasteiger partial charge in [-0.05, 0) is 30.2 Å². The largest absolute Gasteiger partial charge is 0.348 e. The number of rotatable bonds is 6. The first-order chi connectivity index (χ1) is 13.5. The zero-order valence-electron chi connectivity index (χ0n) is 15.4. The van der Waals surface area contributed by atoms with Gasteiger partial charge >= 0.3 is 0 Å². The Morgan fingerprint density at radius 1 is 0.893 bits per heavy atom. The molecule has 3 rings (SSSR count). The van der Waals surface area contributed by atoms with Crippen LogP contribution in [0.2, 0.25) is 5.02 Å². The standard InChI is InChI=1S/C22H20ClN3O2/c1-15-5-4-6-16(9-15)11-25-21(27)18-10-19(13-24-12-18)22(28)26-14-17-7-2-3-8-20(17)23/h2-10,12-13H,11,14H2,1H3,(H,25,27)(H,26,28). The average Bonchev–Trinajstić information content (AvgIpc) is 2.71. The first-order valence-corrected chi connectivity index (χ1v) is 9.21. The molecule has 0 aliphatic heterocycles. The van der Waals surface area contributed by atoms with Crippen molar-refractivity contribution in [2.24, 2.45) is 0 Å². The van der Waals surface area contributed by atoms with E-state index in [1.807, 2.05) is 49.4 Å². The van der Waals surface area contributed by atoms with E-state index in [4.69, 9.17) is 11.6 Å². The van der Waals surface area contributed by atoms with E-state index in [1.54, 1.807) is 6.07 Å². The number of carbonyl (C=O) groups is 2. The molecule has 0 aliphatic carbocycles. The van der Waals surface area contributed by atoms with Crippen LogP contribution in [-0.4, -0.2) is 16.8 Å². The zero-order chi connectivity index (χ0) is 19.9. The maximum absolute atomic E-state index is 12.4. The SMILES string of the molecule is Cc1cccc(CNC(=O)c2cncc(C(=O)NCc3ccccc3Cl)c2)c1. The molecule has 1 heterocycles. The normalized spacial score (nSPS) is 10.4. The van der Waals surface area contributed by atoms with Crippen molar-refractivity contribution in [2.75, 3.05) is 0 Å². The van der Waals surface area contributed by atoms with E-state index in [0.29, 0.717) is 29.2 Å². The Balaban J connectivity index is 1.61. The number of benzene rings is 2. The van der Waals surface area contributed by atoms with Gasteiger partial charge < -0.3 is 10.6 Å². The molecule has 5 nitrogen and oxygen atoms in total. The second kappa shape index (κ2) is 9.15. The Morgan fingerprint density at radius 2 is 1.57 bits per heavy atom. The Hall–Kier alpha value is -3.18. The summed E-state index contributed by atoms with van der Waals surface area (Å²) in [7, 11) is 0. The second-order valence-corrected chi connectivity index (χ2v) is 6.82. The van der Waals surface area contributed by atoms with E-state index >= 15 is 0 Å². The predicted octanol–water partition coefficient (Wildman–Crippen LogP) is 3.90. The molecule has 2 N–H and O–H groups in total. The van der Waals surface area contributed by atoms with Crippen LogP contribution in [0.3, 0.4) is 0 Å². The van der Waals surface area contributed by atoms with Gasteiger partial charge in [0, 0.05) is 30.5 Å². The molecule has 0 saturated carbocycles. The van der Waals surface area contributed by atoms with Crippen molar-refractivity contribution in [3.8, 4) is 0 Å². The van der Waals surface area contributed by atoms with Gasteiger partial charge in [0.2, 0.25) is 0 Å². The molecule has 1 aromatic heterocycles. The van der Waals surface area contributed by atoms with Crippen molar-refractivity contribution in [2.45, 2.75) is 20.0 Å². The van der Waals surface area contributed by atoms with Crippen molar-refractivity contribution in [1.29, 1.82) is 0 Å². The minimum Gasteiger partial charge on any atom is -0.348 e. The number of hydrogen-bond acceptors (Lipinski definition) is 3. The number of nitrogens with zero attached hydrogens (tertiary/aromatic N) is 1. The van der Waals surface area contributed by atoms with E-state index in [2.05, 4.69) is 15.6 Å². The summed E-state index contributed by atoms with van der Waals surface area (Å²) < 4.78 is 0. The van der Waals surface area contributed by atoms with Crippen LogP contribution in [0.4, 0.5) is 0 Å². The van der Waals surface area contributed by atoms with Crippen LogP contribution < -0.4 is 10.6 Å². The summed E-state index contributed by atoms with van der Waals surface area (Å²) in [5.74, 6) is -0.601. The lowest BCUT2D eigenvalue weighted by molar-refractivity contribution is 0.0950. The van der Waals surface area contributed by atoms with Crippen LogP contribution in [0, 0.1) is 6.92 Å². The summed E-state index contributed by atoms with van der Waals surface area (Å²) >= 11 is 6.10. The Labute approximate surface area is 168 Å². The maximum Gasteiger partial charge on any atom is 0.253 e. The summed E-state index contributed by atoms with van der Waals surface area (Å²) in [6.07, 6.45) is 2.87. The van der Waals surface area contributed by atoms with Crippen molar-refractivity contribution >= 4 is 23.4 Å². The highest BCUT2D eigenvalue weighted by molar-refractivity contribution is 6.31. The fourth-order valence-corrected chi connectivity index (χ4v) is 2.92. The molecule has 2 aromatic carbocycles. The van der Waals surface area contributed by atoms with E-state index in [0.717, 1.165) is 16.7 Å². The van der Waals surface area contributed by atoms with Crippen molar-refractivity contribution in [3.63, 3.8) is 0 Å². The van der Waals surface area contributed by atoms with Gasteiger partial charge in [0.15, 0.2) is 0 Å². The van der Waals surface area contributed by atoms with E-state index in [-0.39, 0.29) is 11.8 Å². The molecule has 0 atom stereocenters. The highest BCUT2D eigenvalue weighted by atomic mass is 35.5. The topological polar surface area (TPSA) is 71.1 Å². The summed E-state index contributed by atoms with van der Waals surface area (Å²) in [4.78, 5) is 28.8. The van der Waals surface area contributed by atoms with Gasteiger partial charge in [-0.3, -0.25) is 14.6 Å². The molecule has 0 aliphatic rings. The molecule has 28 heavy (non-hydrogen) atoms. The third kappa shape index (κ3) is 5.18. The number of pyridine rings is 1. The van der Waals surface area contributed by atoms with Crippen molar-refractivity contribution in [3.05, 3.63) is 99.8 Å². The summed E-state index contributed by atoms with van der Waals surface area (Å²) in [6.45, 7) is 2.70. The number of halogens is 1. The predicted molar refractivity (Wildman–Crippen MR) is 109 cm³/mol. The van der Waals surface area contributed by atoms with Crippen LogP contribution >= 0.6 is 11.6 Å². The number of carbonyl (C=O) groups excluding carboxylic acids is 2. The van der Waals surface area contributed by atoms with Gasteiger partial charge in [-0.1, -0.05) is 59.6 Å².